The number of methoxy groups -OCH3 is 1. The Labute approximate surface area is 285 Å². The van der Waals surface area contributed by atoms with Gasteiger partial charge < -0.3 is 37.4 Å². The molecule has 0 spiro atoms. The lowest BCUT2D eigenvalue weighted by Crippen LogP contribution is -2.42. The highest BCUT2D eigenvalue weighted by Crippen LogP contribution is 2.40. The van der Waals surface area contributed by atoms with E-state index < -0.39 is 51.0 Å². The topological polar surface area (TPSA) is 130 Å². The molecule has 0 radical (unpaired) electrons. The summed E-state index contributed by atoms with van der Waals surface area (Å²) in [4.78, 5) is 38.3. The van der Waals surface area contributed by atoms with Crippen LogP contribution in [0.4, 0.5) is 0 Å². The van der Waals surface area contributed by atoms with Crippen molar-refractivity contribution in [2.45, 2.75) is 167 Å². The van der Waals surface area contributed by atoms with Crippen molar-refractivity contribution >= 4 is 19.8 Å². The van der Waals surface area contributed by atoms with Crippen molar-refractivity contribution in [2.24, 2.45) is 0 Å². The van der Waals surface area contributed by atoms with Gasteiger partial charge >= 0.3 is 11.9 Å². The van der Waals surface area contributed by atoms with Crippen LogP contribution in [0.3, 0.4) is 0 Å². The molecule has 0 saturated carbocycles. The van der Waals surface area contributed by atoms with Crippen LogP contribution >= 0.6 is 7.82 Å². The molecule has 1 heterocycles. The Bertz CT molecular complexity index is 868. The van der Waals surface area contributed by atoms with Crippen molar-refractivity contribution in [3.8, 4) is 0 Å². The molecule has 0 aromatic heterocycles. The fourth-order valence-corrected chi connectivity index (χ4v) is 6.20. The number of phosphoric ester groups is 1. The van der Waals surface area contributed by atoms with Gasteiger partial charge in [0, 0.05) is 20.0 Å². The number of likely N-dealkylation sites (N-methyl/N-ethyl adjacent to an activating group) is 1. The number of carbonyl (C=O) groups is 2. The second-order valence-corrected chi connectivity index (χ2v) is 15.3. The quantitative estimate of drug-likeness (QED) is 0.0329. The maximum Gasteiger partial charge on any atom is 0.306 e. The molecule has 12 heteroatoms. The Morgan fingerprint density at radius 2 is 1.11 bits per heavy atom. The number of unbranched alkanes of at least 4 members (excludes halogenated alkanes) is 16. The first-order valence-electron chi connectivity index (χ1n) is 18.4. The van der Waals surface area contributed by atoms with Gasteiger partial charge in [-0.3, -0.25) is 14.2 Å². The Hall–Kier alpha value is -1.07. The molecular weight excluding hydrogens is 625 g/mol. The van der Waals surface area contributed by atoms with Gasteiger partial charge in [-0.2, -0.15) is 0 Å². The molecule has 0 aromatic rings. The summed E-state index contributed by atoms with van der Waals surface area (Å²) in [5.41, 5.74) is 0. The highest BCUT2D eigenvalue weighted by Gasteiger charge is 2.50. The maximum absolute atomic E-state index is 12.9. The molecule has 1 unspecified atom stereocenters. The van der Waals surface area contributed by atoms with E-state index in [9.17, 15) is 19.0 Å². The first kappa shape index (κ1) is 44.0. The van der Waals surface area contributed by atoms with Gasteiger partial charge in [0.2, 0.25) is 0 Å². The summed E-state index contributed by atoms with van der Waals surface area (Å²) < 4.78 is 46.0. The predicted octanol–water partition coefficient (Wildman–Crippen LogP) is 7.23. The van der Waals surface area contributed by atoms with Crippen molar-refractivity contribution in [1.82, 2.24) is 0 Å². The molecule has 47 heavy (non-hydrogen) atoms. The average molecular weight is 694 g/mol. The van der Waals surface area contributed by atoms with E-state index in [0.717, 1.165) is 38.5 Å². The fourth-order valence-electron chi connectivity index (χ4n) is 5.49. The molecule has 5 atom stereocenters. The number of carbonyl (C=O) groups excluding carboxylic acids is 2. The Morgan fingerprint density at radius 1 is 0.681 bits per heavy atom. The van der Waals surface area contributed by atoms with Crippen molar-refractivity contribution in [2.75, 3.05) is 48.0 Å². The van der Waals surface area contributed by atoms with Crippen LogP contribution in [0.25, 0.3) is 0 Å². The highest BCUT2D eigenvalue weighted by atomic mass is 31.2. The number of rotatable bonds is 30. The molecule has 0 aromatic carbocycles. The second kappa shape index (κ2) is 25.8. The molecule has 1 aliphatic heterocycles. The maximum atomic E-state index is 12.9. The summed E-state index contributed by atoms with van der Waals surface area (Å²) in [6.45, 7) is 4.34. The van der Waals surface area contributed by atoms with E-state index in [0.29, 0.717) is 23.9 Å². The van der Waals surface area contributed by atoms with Crippen molar-refractivity contribution in [3.63, 3.8) is 0 Å². The third-order valence-corrected chi connectivity index (χ3v) is 9.38. The van der Waals surface area contributed by atoms with E-state index in [1.54, 1.807) is 0 Å². The number of ether oxygens (including phenoxy) is 4. The molecule has 278 valence electrons. The number of quaternary nitrogens is 1. The molecule has 0 N–H and O–H groups in total. The largest absolute Gasteiger partial charge is 0.756 e. The van der Waals surface area contributed by atoms with Crippen LogP contribution in [0.2, 0.25) is 0 Å². The average Bonchev–Trinajstić information content (AvgIpc) is 3.33. The van der Waals surface area contributed by atoms with Crippen molar-refractivity contribution in [1.29, 1.82) is 0 Å². The van der Waals surface area contributed by atoms with E-state index in [-0.39, 0.29) is 19.4 Å². The van der Waals surface area contributed by atoms with E-state index in [1.165, 1.54) is 71.3 Å². The van der Waals surface area contributed by atoms with E-state index in [4.69, 9.17) is 28.0 Å². The summed E-state index contributed by atoms with van der Waals surface area (Å²) in [6, 6.07) is 0. The van der Waals surface area contributed by atoms with Crippen molar-refractivity contribution in [3.05, 3.63) is 0 Å². The standard InChI is InChI=1S/C35H68NO10P/c1-7-9-11-13-15-17-19-21-23-25-31(37)45-33-30(29-43-47(39,40)42-28-27-36(3,4)5)44-35(41-6)34(33)46-32(38)26-24-22-20-18-16-14-12-10-8-2/h30,33-35H,7-29H2,1-6H3/t30-,33-,34-,35-/m1/s1. The highest BCUT2D eigenvalue weighted by molar-refractivity contribution is 7.45. The SMILES string of the molecule is CCCCCCCCCCCC(=O)O[C@H]1[C@H](OC)O[C@H](COP(=O)([O-])OCC[N+](C)(C)C)[C@H]1OC(=O)CCCCCCCCCCC. The summed E-state index contributed by atoms with van der Waals surface area (Å²) in [5, 5.41) is 0. The van der Waals surface area contributed by atoms with Crippen LogP contribution in [-0.4, -0.2) is 89.0 Å². The number of hydrogen-bond donors (Lipinski definition) is 0. The minimum atomic E-state index is -4.67. The Morgan fingerprint density at radius 3 is 1.53 bits per heavy atom. The molecule has 1 fully saturated rings. The number of esters is 2. The van der Waals surface area contributed by atoms with Gasteiger partial charge in [0.15, 0.2) is 18.5 Å². The van der Waals surface area contributed by atoms with E-state index in [2.05, 4.69) is 13.8 Å². The molecule has 0 aliphatic carbocycles. The van der Waals surface area contributed by atoms with Crippen LogP contribution in [-0.2, 0) is 42.1 Å². The molecule has 0 bridgehead atoms. The molecular formula is C35H68NO10P. The Kier molecular flexibility index (Phi) is 24.2. The lowest BCUT2D eigenvalue weighted by Gasteiger charge is -2.28. The van der Waals surface area contributed by atoms with Gasteiger partial charge in [-0.15, -0.1) is 0 Å². The van der Waals surface area contributed by atoms with Gasteiger partial charge in [-0.1, -0.05) is 117 Å². The first-order chi connectivity index (χ1) is 22.4. The minimum Gasteiger partial charge on any atom is -0.756 e. The first-order valence-corrected chi connectivity index (χ1v) is 19.9. The summed E-state index contributed by atoms with van der Waals surface area (Å²) in [5.74, 6) is -0.906. The third-order valence-electron chi connectivity index (χ3n) is 8.41. The fraction of sp³-hybridized carbons (Fsp3) is 0.943. The molecule has 11 nitrogen and oxygen atoms in total. The summed E-state index contributed by atoms with van der Waals surface area (Å²) in [6.07, 6.45) is 16.3. The summed E-state index contributed by atoms with van der Waals surface area (Å²) >= 11 is 0. The van der Waals surface area contributed by atoms with Crippen LogP contribution in [0, 0.1) is 0 Å². The lowest BCUT2D eigenvalue weighted by atomic mass is 10.1. The van der Waals surface area contributed by atoms with Crippen LogP contribution in [0.5, 0.6) is 0 Å². The Balaban J connectivity index is 2.71. The number of hydrogen-bond acceptors (Lipinski definition) is 10. The predicted molar refractivity (Wildman–Crippen MR) is 182 cm³/mol. The molecule has 1 saturated heterocycles. The second-order valence-electron chi connectivity index (χ2n) is 13.9. The zero-order valence-corrected chi connectivity index (χ0v) is 31.4. The zero-order valence-electron chi connectivity index (χ0n) is 30.5. The number of nitrogens with zero attached hydrogens (tertiary/aromatic N) is 1. The minimum absolute atomic E-state index is 0.0489. The van der Waals surface area contributed by atoms with Crippen molar-refractivity contribution < 1.29 is 51.5 Å². The van der Waals surface area contributed by atoms with Gasteiger partial charge in [0.1, 0.15) is 19.3 Å². The van der Waals surface area contributed by atoms with Crippen LogP contribution in [0.1, 0.15) is 142 Å². The van der Waals surface area contributed by atoms with Gasteiger partial charge in [0.05, 0.1) is 27.7 Å². The smallest absolute Gasteiger partial charge is 0.306 e. The monoisotopic (exact) mass is 693 g/mol. The third kappa shape index (κ3) is 22.3. The van der Waals surface area contributed by atoms with Crippen LogP contribution < -0.4 is 4.89 Å². The van der Waals surface area contributed by atoms with E-state index >= 15 is 0 Å². The van der Waals surface area contributed by atoms with Crippen LogP contribution in [0.15, 0.2) is 0 Å². The summed E-state index contributed by atoms with van der Waals surface area (Å²) in [7, 11) is 2.48. The van der Waals surface area contributed by atoms with Gasteiger partial charge in [0.25, 0.3) is 7.82 Å². The number of phosphoric acid groups is 1. The normalized spacial score (nSPS) is 21.1. The molecule has 1 aliphatic rings. The van der Waals surface area contributed by atoms with E-state index in [1.807, 2.05) is 21.1 Å². The zero-order chi connectivity index (χ0) is 35.0. The molecule has 0 amide bonds. The lowest BCUT2D eigenvalue weighted by molar-refractivity contribution is -0.870. The van der Waals surface area contributed by atoms with Gasteiger partial charge in [-0.25, -0.2) is 0 Å². The van der Waals surface area contributed by atoms with Gasteiger partial charge in [-0.05, 0) is 12.8 Å². The molecule has 1 rings (SSSR count).